The molecule has 0 amide bonds. The first-order chi connectivity index (χ1) is 14.7. The molecule has 0 unspecified atom stereocenters. The highest BCUT2D eigenvalue weighted by atomic mass is 127. The van der Waals surface area contributed by atoms with E-state index in [0.717, 1.165) is 4.47 Å². The molecule has 0 N–H and O–H groups in total. The molecular formula is C21H19BrIN3O5. The van der Waals surface area contributed by atoms with E-state index in [9.17, 15) is 9.59 Å². The number of ether oxygens (including phenoxy) is 3. The van der Waals surface area contributed by atoms with Crippen LogP contribution in [0.1, 0.15) is 18.3 Å². The molecule has 0 saturated carbocycles. The van der Waals surface area contributed by atoms with Crippen LogP contribution in [-0.4, -0.2) is 42.2 Å². The fourth-order valence-electron chi connectivity index (χ4n) is 2.84. The molecule has 3 aromatic rings. The normalized spacial score (nSPS) is 12.2. The van der Waals surface area contributed by atoms with Crippen molar-refractivity contribution >= 4 is 61.6 Å². The predicted molar refractivity (Wildman–Crippen MR) is 129 cm³/mol. The van der Waals surface area contributed by atoms with E-state index in [1.54, 1.807) is 38.1 Å². The highest BCUT2D eigenvalue weighted by Crippen LogP contribution is 2.34. The Balaban J connectivity index is 1.99. The molecule has 10 heteroatoms. The van der Waals surface area contributed by atoms with Crippen LogP contribution in [-0.2, 0) is 9.53 Å². The maximum atomic E-state index is 12.9. The average Bonchev–Trinajstić information content (AvgIpc) is 2.74. The second-order valence-electron chi connectivity index (χ2n) is 6.50. The number of hydrogen-bond acceptors (Lipinski definition) is 7. The Bertz CT molecular complexity index is 1240. The minimum Gasteiger partial charge on any atom is -0.493 e. The highest BCUT2D eigenvalue weighted by Gasteiger charge is 2.20. The van der Waals surface area contributed by atoms with Crippen LogP contribution in [0, 0.1) is 10.5 Å². The number of carbonyl (C=O) groups is 1. The maximum Gasteiger partial charge on any atom is 0.346 e. The van der Waals surface area contributed by atoms with Gasteiger partial charge in [-0.1, -0.05) is 15.9 Å². The Hall–Kier alpha value is -2.47. The fraction of sp³-hybridized carbons (Fsp3) is 0.238. The molecule has 1 atom stereocenters. The Labute approximate surface area is 200 Å². The van der Waals surface area contributed by atoms with Crippen molar-refractivity contribution in [2.75, 3.05) is 14.2 Å². The summed E-state index contributed by atoms with van der Waals surface area (Å²) in [5, 5.41) is 4.79. The molecule has 0 bridgehead atoms. The molecular weight excluding hydrogens is 581 g/mol. The lowest BCUT2D eigenvalue weighted by atomic mass is 10.2. The summed E-state index contributed by atoms with van der Waals surface area (Å²) in [6, 6.07) is 8.84. The van der Waals surface area contributed by atoms with Crippen molar-refractivity contribution in [2.45, 2.75) is 20.0 Å². The molecule has 1 aromatic heterocycles. The summed E-state index contributed by atoms with van der Waals surface area (Å²) < 4.78 is 18.6. The number of fused-ring (bicyclic) bond motifs is 1. The number of aromatic nitrogens is 2. The fourth-order valence-corrected chi connectivity index (χ4v) is 3.95. The Morgan fingerprint density at radius 1 is 1.29 bits per heavy atom. The van der Waals surface area contributed by atoms with Gasteiger partial charge in [-0.2, -0.15) is 9.78 Å². The van der Waals surface area contributed by atoms with Gasteiger partial charge in [0.1, 0.15) is 5.82 Å². The molecule has 3 rings (SSSR count). The topological polar surface area (TPSA) is 92.0 Å². The monoisotopic (exact) mass is 599 g/mol. The molecule has 31 heavy (non-hydrogen) atoms. The standard InChI is InChI=1S/C21H19BrIN3O5/c1-11(21(28)30-4)31-19-16(23)7-13(8-18(19)29-3)10-24-26-12(2)25-17-6-5-14(22)9-15(17)20(26)27/h5-11H,1-4H3/t11-/m0/s1. The van der Waals surface area contributed by atoms with Crippen LogP contribution >= 0.6 is 38.5 Å². The zero-order valence-electron chi connectivity index (χ0n) is 17.2. The van der Waals surface area contributed by atoms with Crippen LogP contribution in [0.5, 0.6) is 11.5 Å². The van der Waals surface area contributed by atoms with Gasteiger partial charge >= 0.3 is 5.97 Å². The van der Waals surface area contributed by atoms with Crippen molar-refractivity contribution < 1.29 is 19.0 Å². The van der Waals surface area contributed by atoms with Crippen LogP contribution in [0.2, 0.25) is 0 Å². The van der Waals surface area contributed by atoms with Crippen molar-refractivity contribution in [1.82, 2.24) is 9.66 Å². The Kier molecular flexibility index (Phi) is 7.31. The van der Waals surface area contributed by atoms with E-state index in [4.69, 9.17) is 14.2 Å². The molecule has 0 aliphatic rings. The first-order valence-corrected chi connectivity index (χ1v) is 11.0. The number of esters is 1. The number of methoxy groups -OCH3 is 2. The number of nitrogens with zero attached hydrogens (tertiary/aromatic N) is 3. The van der Waals surface area contributed by atoms with E-state index in [0.29, 0.717) is 37.4 Å². The summed E-state index contributed by atoms with van der Waals surface area (Å²) in [5.41, 5.74) is 1.02. The van der Waals surface area contributed by atoms with Gasteiger partial charge in [0.25, 0.3) is 5.56 Å². The minimum absolute atomic E-state index is 0.270. The van der Waals surface area contributed by atoms with Gasteiger partial charge in [0.2, 0.25) is 0 Å². The van der Waals surface area contributed by atoms with Crippen molar-refractivity contribution in [1.29, 1.82) is 0 Å². The van der Waals surface area contributed by atoms with Crippen LogP contribution in [0.25, 0.3) is 10.9 Å². The smallest absolute Gasteiger partial charge is 0.346 e. The predicted octanol–water partition coefficient (Wildman–Crippen LogP) is 3.90. The first kappa shape index (κ1) is 23.2. The minimum atomic E-state index is -0.795. The molecule has 0 fully saturated rings. The van der Waals surface area contributed by atoms with Gasteiger partial charge in [0, 0.05) is 4.47 Å². The van der Waals surface area contributed by atoms with Crippen LogP contribution in [0.3, 0.4) is 0 Å². The van der Waals surface area contributed by atoms with Crippen LogP contribution < -0.4 is 15.0 Å². The first-order valence-electron chi connectivity index (χ1n) is 9.10. The third kappa shape index (κ3) is 5.06. The van der Waals surface area contributed by atoms with Crippen LogP contribution in [0.4, 0.5) is 0 Å². The van der Waals surface area contributed by atoms with Gasteiger partial charge in [-0.15, -0.1) is 0 Å². The van der Waals surface area contributed by atoms with Gasteiger partial charge in [-0.25, -0.2) is 9.78 Å². The summed E-state index contributed by atoms with van der Waals surface area (Å²) >= 11 is 5.46. The van der Waals surface area contributed by atoms with E-state index < -0.39 is 12.1 Å². The lowest BCUT2D eigenvalue weighted by Gasteiger charge is -2.17. The third-order valence-corrected chi connectivity index (χ3v) is 5.67. The summed E-state index contributed by atoms with van der Waals surface area (Å²) in [7, 11) is 2.80. The summed E-state index contributed by atoms with van der Waals surface area (Å²) in [6.45, 7) is 3.31. The van der Waals surface area contributed by atoms with Crippen molar-refractivity contribution in [3.05, 3.63) is 60.1 Å². The lowest BCUT2D eigenvalue weighted by Crippen LogP contribution is -2.25. The highest BCUT2D eigenvalue weighted by molar-refractivity contribution is 14.1. The molecule has 0 aliphatic carbocycles. The second-order valence-corrected chi connectivity index (χ2v) is 8.58. The summed E-state index contributed by atoms with van der Waals surface area (Å²) in [6.07, 6.45) is 0.745. The van der Waals surface area contributed by atoms with E-state index >= 15 is 0 Å². The van der Waals surface area contributed by atoms with Gasteiger partial charge in [-0.05, 0) is 72.3 Å². The van der Waals surface area contributed by atoms with E-state index in [1.807, 2.05) is 6.07 Å². The Morgan fingerprint density at radius 3 is 2.71 bits per heavy atom. The molecule has 1 heterocycles. The summed E-state index contributed by atoms with van der Waals surface area (Å²) in [5.74, 6) is 0.816. The van der Waals surface area contributed by atoms with Crippen molar-refractivity contribution in [3.8, 4) is 11.5 Å². The number of aryl methyl sites for hydroxylation is 1. The number of benzene rings is 2. The van der Waals surface area contributed by atoms with E-state index in [-0.39, 0.29) is 5.56 Å². The van der Waals surface area contributed by atoms with Gasteiger partial charge in [0.15, 0.2) is 17.6 Å². The molecule has 0 radical (unpaired) electrons. The number of hydrogen-bond donors (Lipinski definition) is 0. The zero-order valence-corrected chi connectivity index (χ0v) is 20.9. The number of halogens is 2. The average molecular weight is 600 g/mol. The van der Waals surface area contributed by atoms with Crippen molar-refractivity contribution in [2.24, 2.45) is 5.10 Å². The summed E-state index contributed by atoms with van der Waals surface area (Å²) in [4.78, 5) is 29.0. The SMILES string of the molecule is COC(=O)[C@H](C)Oc1c(I)cc(C=Nn2c(C)nc3ccc(Br)cc3c2=O)cc1OC. The van der Waals surface area contributed by atoms with Crippen LogP contribution in [0.15, 0.2) is 44.7 Å². The Morgan fingerprint density at radius 2 is 2.03 bits per heavy atom. The van der Waals surface area contributed by atoms with E-state index in [1.165, 1.54) is 25.1 Å². The molecule has 0 aliphatic heterocycles. The van der Waals surface area contributed by atoms with Gasteiger partial charge in [-0.3, -0.25) is 4.79 Å². The van der Waals surface area contributed by atoms with Gasteiger partial charge < -0.3 is 14.2 Å². The second kappa shape index (κ2) is 9.77. The maximum absolute atomic E-state index is 12.9. The molecule has 0 saturated heterocycles. The number of carbonyl (C=O) groups excluding carboxylic acids is 1. The molecule has 2 aromatic carbocycles. The molecule has 162 valence electrons. The third-order valence-electron chi connectivity index (χ3n) is 4.37. The quantitative estimate of drug-likeness (QED) is 0.242. The molecule has 8 nitrogen and oxygen atoms in total. The lowest BCUT2D eigenvalue weighted by molar-refractivity contribution is -0.147. The van der Waals surface area contributed by atoms with Crippen molar-refractivity contribution in [3.63, 3.8) is 0 Å². The van der Waals surface area contributed by atoms with Gasteiger partial charge in [0.05, 0.1) is 34.9 Å². The van der Waals surface area contributed by atoms with E-state index in [2.05, 4.69) is 48.6 Å². The number of rotatable bonds is 6. The largest absolute Gasteiger partial charge is 0.493 e. The molecule has 0 spiro atoms. The zero-order chi connectivity index (χ0) is 22.7.